The molecule has 0 aromatic heterocycles. The number of primary amides is 1. The van der Waals surface area contributed by atoms with E-state index in [-0.39, 0.29) is 12.3 Å². The average molecular weight is 310 g/mol. The zero-order valence-corrected chi connectivity index (χ0v) is 12.0. The van der Waals surface area contributed by atoms with Gasteiger partial charge in [0.1, 0.15) is 12.1 Å². The Morgan fingerprint density at radius 1 is 1.48 bits per heavy atom. The SMILES string of the molecule is NC(=O)[C@@H](Cc1cccc(Cl)c1)NC(=O)[C@@H]1CCC(=O)N1. The predicted octanol–water partition coefficient (Wildman–Crippen LogP) is 0.131. The van der Waals surface area contributed by atoms with E-state index < -0.39 is 23.9 Å². The molecule has 112 valence electrons. The second-order valence-electron chi connectivity index (χ2n) is 4.96. The Kier molecular flexibility index (Phi) is 4.80. The molecule has 21 heavy (non-hydrogen) atoms. The van der Waals surface area contributed by atoms with Crippen LogP contribution in [-0.4, -0.2) is 29.8 Å². The number of hydrogen-bond acceptors (Lipinski definition) is 3. The zero-order chi connectivity index (χ0) is 15.4. The molecule has 0 bridgehead atoms. The number of halogens is 1. The molecule has 1 aromatic carbocycles. The van der Waals surface area contributed by atoms with Gasteiger partial charge in [-0.1, -0.05) is 23.7 Å². The van der Waals surface area contributed by atoms with Crippen molar-refractivity contribution in [3.05, 3.63) is 34.9 Å². The van der Waals surface area contributed by atoms with Crippen molar-refractivity contribution in [1.29, 1.82) is 0 Å². The number of rotatable bonds is 5. The number of nitrogens with two attached hydrogens (primary N) is 1. The Morgan fingerprint density at radius 3 is 2.81 bits per heavy atom. The third-order valence-corrected chi connectivity index (χ3v) is 3.54. The van der Waals surface area contributed by atoms with Crippen molar-refractivity contribution in [2.75, 3.05) is 0 Å². The zero-order valence-electron chi connectivity index (χ0n) is 11.3. The highest BCUT2D eigenvalue weighted by Crippen LogP contribution is 2.13. The molecular weight excluding hydrogens is 294 g/mol. The van der Waals surface area contributed by atoms with Crippen molar-refractivity contribution in [3.63, 3.8) is 0 Å². The molecule has 4 N–H and O–H groups in total. The molecule has 0 aliphatic carbocycles. The first kappa shape index (κ1) is 15.3. The molecule has 0 radical (unpaired) electrons. The van der Waals surface area contributed by atoms with Gasteiger partial charge >= 0.3 is 0 Å². The van der Waals surface area contributed by atoms with E-state index in [1.54, 1.807) is 24.3 Å². The Hall–Kier alpha value is -2.08. The van der Waals surface area contributed by atoms with Crippen LogP contribution in [0, 0.1) is 0 Å². The van der Waals surface area contributed by atoms with Crippen molar-refractivity contribution < 1.29 is 14.4 Å². The molecule has 3 amide bonds. The lowest BCUT2D eigenvalue weighted by atomic mass is 10.0. The molecule has 2 atom stereocenters. The summed E-state index contributed by atoms with van der Waals surface area (Å²) < 4.78 is 0. The van der Waals surface area contributed by atoms with E-state index in [1.807, 2.05) is 0 Å². The number of carbonyl (C=O) groups is 3. The number of amides is 3. The van der Waals surface area contributed by atoms with Gasteiger partial charge in [-0.05, 0) is 24.1 Å². The van der Waals surface area contributed by atoms with Gasteiger partial charge in [0.2, 0.25) is 17.7 Å². The van der Waals surface area contributed by atoms with Crippen molar-refractivity contribution in [2.24, 2.45) is 5.73 Å². The van der Waals surface area contributed by atoms with Crippen LogP contribution in [0.1, 0.15) is 18.4 Å². The lowest BCUT2D eigenvalue weighted by molar-refractivity contribution is -0.129. The molecule has 1 fully saturated rings. The first-order valence-electron chi connectivity index (χ1n) is 6.59. The van der Waals surface area contributed by atoms with Crippen molar-refractivity contribution in [2.45, 2.75) is 31.3 Å². The molecule has 0 spiro atoms. The molecular formula is C14H16ClN3O3. The molecule has 1 aliphatic heterocycles. The Balaban J connectivity index is 2.00. The van der Waals surface area contributed by atoms with Crippen LogP contribution in [-0.2, 0) is 20.8 Å². The first-order valence-corrected chi connectivity index (χ1v) is 6.97. The average Bonchev–Trinajstić information content (AvgIpc) is 2.84. The first-order chi connectivity index (χ1) is 9.95. The monoisotopic (exact) mass is 309 g/mol. The maximum Gasteiger partial charge on any atom is 0.243 e. The maximum absolute atomic E-state index is 12.0. The topological polar surface area (TPSA) is 101 Å². The van der Waals surface area contributed by atoms with Crippen LogP contribution in [0.25, 0.3) is 0 Å². The number of hydrogen-bond donors (Lipinski definition) is 3. The summed E-state index contributed by atoms with van der Waals surface area (Å²) in [5.41, 5.74) is 6.12. The van der Waals surface area contributed by atoms with Crippen LogP contribution in [0.5, 0.6) is 0 Å². The Bertz CT molecular complexity index is 576. The standard InChI is InChI=1S/C14H16ClN3O3/c15-9-3-1-2-8(6-9)7-11(13(16)20)18-14(21)10-4-5-12(19)17-10/h1-3,6,10-11H,4-5,7H2,(H2,16,20)(H,17,19)(H,18,21)/t10-,11+/m0/s1. The van der Waals surface area contributed by atoms with Crippen LogP contribution in [0.4, 0.5) is 0 Å². The maximum atomic E-state index is 12.0. The lowest BCUT2D eigenvalue weighted by Crippen LogP contribution is -2.51. The van der Waals surface area contributed by atoms with Gasteiger partial charge in [0, 0.05) is 17.9 Å². The van der Waals surface area contributed by atoms with E-state index in [1.165, 1.54) is 0 Å². The summed E-state index contributed by atoms with van der Waals surface area (Å²) in [6.07, 6.45) is 0.989. The van der Waals surface area contributed by atoms with Gasteiger partial charge in [-0.25, -0.2) is 0 Å². The minimum Gasteiger partial charge on any atom is -0.368 e. The summed E-state index contributed by atoms with van der Waals surface area (Å²) in [5, 5.41) is 5.67. The van der Waals surface area contributed by atoms with Gasteiger partial charge in [-0.3, -0.25) is 14.4 Å². The molecule has 6 nitrogen and oxygen atoms in total. The molecule has 7 heteroatoms. The smallest absolute Gasteiger partial charge is 0.243 e. The normalized spacial score (nSPS) is 18.9. The summed E-state index contributed by atoms with van der Waals surface area (Å²) in [4.78, 5) is 34.6. The van der Waals surface area contributed by atoms with E-state index in [0.717, 1.165) is 5.56 Å². The van der Waals surface area contributed by atoms with Crippen LogP contribution in [0.2, 0.25) is 5.02 Å². The van der Waals surface area contributed by atoms with Crippen LogP contribution < -0.4 is 16.4 Å². The molecule has 1 aliphatic rings. The fourth-order valence-corrected chi connectivity index (χ4v) is 2.42. The summed E-state index contributed by atoms with van der Waals surface area (Å²) in [7, 11) is 0. The predicted molar refractivity (Wildman–Crippen MR) is 77.4 cm³/mol. The van der Waals surface area contributed by atoms with E-state index >= 15 is 0 Å². The molecule has 1 saturated heterocycles. The minimum absolute atomic E-state index is 0.166. The quantitative estimate of drug-likeness (QED) is 0.720. The van der Waals surface area contributed by atoms with Gasteiger partial charge in [0.15, 0.2) is 0 Å². The van der Waals surface area contributed by atoms with E-state index in [2.05, 4.69) is 10.6 Å². The van der Waals surface area contributed by atoms with Gasteiger partial charge < -0.3 is 16.4 Å². The summed E-state index contributed by atoms with van der Waals surface area (Å²) in [5.74, 6) is -1.19. The van der Waals surface area contributed by atoms with Crippen LogP contribution in [0.3, 0.4) is 0 Å². The largest absolute Gasteiger partial charge is 0.368 e. The van der Waals surface area contributed by atoms with Gasteiger partial charge in [0.05, 0.1) is 0 Å². The Labute approximate surface area is 127 Å². The number of carbonyl (C=O) groups excluding carboxylic acids is 3. The molecule has 2 rings (SSSR count). The lowest BCUT2D eigenvalue weighted by Gasteiger charge is -2.18. The van der Waals surface area contributed by atoms with Crippen LogP contribution in [0.15, 0.2) is 24.3 Å². The number of benzene rings is 1. The molecule has 0 saturated carbocycles. The fourth-order valence-electron chi connectivity index (χ4n) is 2.21. The van der Waals surface area contributed by atoms with Crippen molar-refractivity contribution in [3.8, 4) is 0 Å². The highest BCUT2D eigenvalue weighted by atomic mass is 35.5. The van der Waals surface area contributed by atoms with Gasteiger partial charge in [-0.15, -0.1) is 0 Å². The summed E-state index contributed by atoms with van der Waals surface area (Å²) in [6, 6.07) is 5.55. The highest BCUT2D eigenvalue weighted by Gasteiger charge is 2.29. The summed E-state index contributed by atoms with van der Waals surface area (Å²) in [6.45, 7) is 0. The third-order valence-electron chi connectivity index (χ3n) is 3.30. The highest BCUT2D eigenvalue weighted by molar-refractivity contribution is 6.30. The molecule has 0 unspecified atom stereocenters. The van der Waals surface area contributed by atoms with Crippen molar-refractivity contribution in [1.82, 2.24) is 10.6 Å². The Morgan fingerprint density at radius 2 is 2.24 bits per heavy atom. The van der Waals surface area contributed by atoms with E-state index in [9.17, 15) is 14.4 Å². The minimum atomic E-state index is -0.839. The van der Waals surface area contributed by atoms with E-state index in [0.29, 0.717) is 17.9 Å². The third kappa shape index (κ3) is 4.19. The van der Waals surface area contributed by atoms with Gasteiger partial charge in [0.25, 0.3) is 0 Å². The second kappa shape index (κ2) is 6.58. The van der Waals surface area contributed by atoms with Crippen LogP contribution >= 0.6 is 11.6 Å². The second-order valence-corrected chi connectivity index (χ2v) is 5.39. The number of nitrogens with one attached hydrogen (secondary N) is 2. The summed E-state index contributed by atoms with van der Waals surface area (Å²) >= 11 is 5.88. The molecule has 1 aromatic rings. The fraction of sp³-hybridized carbons (Fsp3) is 0.357. The molecule has 1 heterocycles. The van der Waals surface area contributed by atoms with Gasteiger partial charge in [-0.2, -0.15) is 0 Å². The van der Waals surface area contributed by atoms with E-state index in [4.69, 9.17) is 17.3 Å². The van der Waals surface area contributed by atoms with Crippen molar-refractivity contribution >= 4 is 29.3 Å².